The van der Waals surface area contributed by atoms with Gasteiger partial charge in [0.05, 0.1) is 56.0 Å². The summed E-state index contributed by atoms with van der Waals surface area (Å²) in [7, 11) is -23.6. The standard InChI is InChI=1S/C31H30F2O6.C21H19F3O5S.C21H20F2O5S.C19H16F2O5S.C18H16F2O3S/c1-31(32,33)11-6-12-37-29(35)24-22-16-7-2-4-9-18(16)23(19-10-5-3-8-17(19)22)25(24)30(36)38-26-15-13-20-21(14-15)28(34)39-27(20)26;22-18(21(23,24)30(26,27)28)9-10-29-20(25)17-11-16-12-5-1-3-7-14(12)19(17)15-8-4-2-6-13(15)16;22-21(23,29(25,26)27)10-5-11-28-20(24)18-12-17-13-6-1-3-8-15(13)19(18)16-9-4-2-7-14(16)17;20-19(21,27(23,24)25)18(22)26-10-11-9-16-12-5-1-3-7-14(12)17(11)15-8-4-2-6-13(15)16;19-18(20,24(21,22)23)10-11-9-16-12-5-1-3-7-14(12)17(11)15-8-4-2-6-13(15)16/h2-5,7-10,15,20-27H,6,11-14H2,1H3;1-8,16-19H,9-11H2,(H,26,27,28);1-4,6-9,17-19H,5,10-12H2,(H,25,26,27);1-8,11,16-17H,9-10H2,(H,23,24,25);1-8,11,16-17H,9-10H2,(H,21,22,23)/p-4. The van der Waals surface area contributed by atoms with Crippen LogP contribution >= 0.6 is 0 Å². The van der Waals surface area contributed by atoms with E-state index in [1.807, 2.05) is 231 Å². The quantitative estimate of drug-likeness (QED) is 0.0160. The molecule has 1 saturated heterocycles. The Kier molecular flexibility index (Phi) is 28.5. The van der Waals surface area contributed by atoms with Gasteiger partial charge in [0.25, 0.3) is 0 Å². The summed E-state index contributed by atoms with van der Waals surface area (Å²) >= 11 is 0. The second-order valence-electron chi connectivity index (χ2n) is 40.4. The summed E-state index contributed by atoms with van der Waals surface area (Å²) < 4.78 is 308. The first-order valence-corrected chi connectivity index (χ1v) is 54.5. The highest BCUT2D eigenvalue weighted by Crippen LogP contribution is 2.65. The van der Waals surface area contributed by atoms with E-state index >= 15 is 0 Å². The van der Waals surface area contributed by atoms with E-state index in [4.69, 9.17) is 23.7 Å². The van der Waals surface area contributed by atoms with Gasteiger partial charge in [-0.1, -0.05) is 243 Å². The molecule has 24 nitrogen and oxygen atoms in total. The minimum Gasteiger partial charge on any atom is -0.743 e. The lowest BCUT2D eigenvalue weighted by Crippen LogP contribution is -2.49. The molecule has 786 valence electrons. The molecule has 12 atom stereocenters. The lowest BCUT2D eigenvalue weighted by molar-refractivity contribution is -0.173. The van der Waals surface area contributed by atoms with E-state index in [0.717, 1.165) is 113 Å². The highest BCUT2D eigenvalue weighted by Gasteiger charge is 2.66. The van der Waals surface area contributed by atoms with Crippen LogP contribution in [0.2, 0.25) is 0 Å². The maximum Gasteiger partial charge on any atom is 0.428 e. The fraction of sp³-hybridized carbons (Fsp3) is 0.400. The van der Waals surface area contributed by atoms with Crippen molar-refractivity contribution >= 4 is 76.3 Å². The highest BCUT2D eigenvalue weighted by molar-refractivity contribution is 7.88. The van der Waals surface area contributed by atoms with E-state index < -0.39 is 189 Å². The van der Waals surface area contributed by atoms with E-state index in [-0.39, 0.29) is 110 Å². The van der Waals surface area contributed by atoms with Crippen molar-refractivity contribution in [3.8, 4) is 0 Å². The Hall–Kier alpha value is -12.1. The summed E-state index contributed by atoms with van der Waals surface area (Å²) in [5.74, 6) is -12.7. The van der Waals surface area contributed by atoms with Crippen LogP contribution in [-0.4, -0.2) is 159 Å². The van der Waals surface area contributed by atoms with Gasteiger partial charge in [-0.25, -0.2) is 51.6 Å². The number of alkyl halides is 11. The zero-order chi connectivity index (χ0) is 106. The van der Waals surface area contributed by atoms with Gasteiger partial charge in [-0.2, -0.15) is 35.1 Å². The van der Waals surface area contributed by atoms with Gasteiger partial charge in [0.1, 0.15) is 12.2 Å². The molecule has 12 bridgehead atoms. The Labute approximate surface area is 850 Å². The molecule has 39 heteroatoms. The molecule has 0 N–H and O–H groups in total. The molecule has 0 radical (unpaired) electrons. The lowest BCUT2D eigenvalue weighted by Gasteiger charge is -2.48. The van der Waals surface area contributed by atoms with Gasteiger partial charge >= 0.3 is 56.8 Å². The molecule has 0 spiro atoms. The number of hydrogen-bond acceptors (Lipinski definition) is 24. The van der Waals surface area contributed by atoms with Gasteiger partial charge in [-0.05, 0) is 175 Å². The maximum absolute atomic E-state index is 14.1. The summed E-state index contributed by atoms with van der Waals surface area (Å²) in [6, 6.07) is 78.2. The average Bonchev–Trinajstić information content (AvgIpc) is 1.64. The molecule has 1 aliphatic heterocycles. The predicted molar refractivity (Wildman–Crippen MR) is 507 cm³/mol. The van der Waals surface area contributed by atoms with E-state index in [1.54, 1.807) is 0 Å². The number of fused-ring (bicyclic) bond motifs is 6. The number of ether oxygens (including phenoxy) is 6. The lowest BCUT2D eigenvalue weighted by atomic mass is 9.54. The number of carbonyl (C=O) groups is 6. The monoisotopic (exact) mass is 2140 g/mol. The minimum atomic E-state index is -6.15. The first kappa shape index (κ1) is 105. The third-order valence-corrected chi connectivity index (χ3v) is 35.6. The first-order chi connectivity index (χ1) is 70.6. The van der Waals surface area contributed by atoms with E-state index in [2.05, 4.69) is 16.9 Å². The van der Waals surface area contributed by atoms with Crippen LogP contribution in [0.5, 0.6) is 0 Å². The van der Waals surface area contributed by atoms with Gasteiger partial charge in [0, 0.05) is 103 Å². The molecular formula is C110H97F11O24S4-4. The van der Waals surface area contributed by atoms with Crippen LogP contribution in [-0.2, 0) is 97.7 Å². The SMILES string of the molecule is CC(F)(F)CCCOC(=O)C1C2c3ccccc3C(c3ccccc32)C1C(=O)OC1C2CC3C(=O)OC1C3C2.O=C(OCC1CC2c3ccccc3C1c1ccccc12)C(F)(F)S(=O)(=O)[O-].O=C(OCCC(F)C(F)(F)S(=O)(=O)[O-])C1CC2c3ccccc3C1c1ccccc12.O=C(OCCCC(F)(F)S(=O)(=O)[O-])C1CC2c3ccccc3C1c1ccccc12.O=S(=O)([O-])C(F)(F)CC1CC2c3ccccc3C1c1ccccc12. The second kappa shape index (κ2) is 40.2. The molecule has 10 aromatic rings. The molecule has 0 aromatic heterocycles. The van der Waals surface area contributed by atoms with Crippen molar-refractivity contribution in [3.05, 3.63) is 354 Å². The number of hydrogen-bond donors (Lipinski definition) is 0. The first-order valence-electron chi connectivity index (χ1n) is 48.9. The van der Waals surface area contributed by atoms with Crippen molar-refractivity contribution < 1.29 is 157 Å². The smallest absolute Gasteiger partial charge is 0.428 e. The van der Waals surface area contributed by atoms with Gasteiger partial charge in [0.15, 0.2) is 46.6 Å². The van der Waals surface area contributed by atoms with Crippen molar-refractivity contribution in [2.75, 3.05) is 26.4 Å². The largest absolute Gasteiger partial charge is 0.743 e. The van der Waals surface area contributed by atoms with Crippen LogP contribution < -0.4 is 0 Å². The number of esters is 6. The number of carbonyl (C=O) groups excluding carboxylic acids is 6. The summed E-state index contributed by atoms with van der Waals surface area (Å²) in [6.45, 7) is -0.793. The highest BCUT2D eigenvalue weighted by atomic mass is 32.2. The number of rotatable bonds is 26. The molecule has 28 rings (SSSR count). The van der Waals surface area contributed by atoms with Crippen molar-refractivity contribution in [1.29, 1.82) is 0 Å². The minimum absolute atomic E-state index is 0.0104. The molecule has 2 saturated carbocycles. The number of benzene rings is 10. The van der Waals surface area contributed by atoms with Crippen LogP contribution in [0, 0.1) is 53.3 Å². The van der Waals surface area contributed by atoms with Gasteiger partial charge in [-0.3, -0.25) is 24.0 Å². The van der Waals surface area contributed by atoms with Gasteiger partial charge < -0.3 is 46.6 Å². The molecule has 0 amide bonds. The van der Waals surface area contributed by atoms with Crippen LogP contribution in [0.3, 0.4) is 0 Å². The van der Waals surface area contributed by atoms with Crippen molar-refractivity contribution in [2.45, 2.75) is 188 Å². The summed E-state index contributed by atoms with van der Waals surface area (Å²) in [6.07, 6.45) is -4.63. The third kappa shape index (κ3) is 19.5. The Balaban J connectivity index is 0.000000118. The normalized spacial score (nSPS) is 26.6. The van der Waals surface area contributed by atoms with E-state index in [0.29, 0.717) is 32.1 Å². The third-order valence-electron chi connectivity index (χ3n) is 32.1. The fourth-order valence-electron chi connectivity index (χ4n) is 25.9. The fourth-order valence-corrected chi connectivity index (χ4v) is 27.5. The zero-order valence-electron chi connectivity index (χ0n) is 79.2. The Morgan fingerprint density at radius 3 is 1.03 bits per heavy atom. The van der Waals surface area contributed by atoms with Crippen LogP contribution in [0.15, 0.2) is 243 Å². The molecule has 10 aromatic carbocycles. The van der Waals surface area contributed by atoms with Crippen molar-refractivity contribution in [1.82, 2.24) is 0 Å². The van der Waals surface area contributed by atoms with E-state index in [9.17, 15) is 129 Å². The number of halogens is 11. The molecule has 17 aliphatic carbocycles. The molecule has 12 unspecified atom stereocenters. The van der Waals surface area contributed by atoms with Gasteiger partial charge in [-0.15, -0.1) is 0 Å². The average molecular weight is 2140 g/mol. The summed E-state index contributed by atoms with van der Waals surface area (Å²) in [5, 5.41) is -18.8. The maximum atomic E-state index is 14.1. The van der Waals surface area contributed by atoms with Crippen LogP contribution in [0.1, 0.15) is 254 Å². The zero-order valence-corrected chi connectivity index (χ0v) is 82.5. The van der Waals surface area contributed by atoms with Crippen molar-refractivity contribution in [3.63, 3.8) is 0 Å². The Morgan fingerprint density at radius 1 is 0.362 bits per heavy atom. The van der Waals surface area contributed by atoms with Crippen LogP contribution in [0.25, 0.3) is 0 Å². The van der Waals surface area contributed by atoms with Gasteiger partial charge in [0.2, 0.25) is 5.92 Å². The Bertz CT molecular complexity index is 7180. The molecule has 18 aliphatic rings. The molecule has 1 heterocycles. The molecular weight excluding hydrogens is 2040 g/mol. The summed E-state index contributed by atoms with van der Waals surface area (Å²) in [4.78, 5) is 77.0. The topological polar surface area (TPSA) is 387 Å². The Morgan fingerprint density at radius 2 is 0.678 bits per heavy atom. The predicted octanol–water partition coefficient (Wildman–Crippen LogP) is 19.2. The summed E-state index contributed by atoms with van der Waals surface area (Å²) in [5.41, 5.74) is 21.3. The van der Waals surface area contributed by atoms with E-state index in [1.165, 1.54) is 11.1 Å². The molecule has 3 fully saturated rings. The second-order valence-corrected chi connectivity index (χ2v) is 46.3. The molecule has 149 heavy (non-hydrogen) atoms. The van der Waals surface area contributed by atoms with Crippen molar-refractivity contribution in [2.24, 2.45) is 53.3 Å². The van der Waals surface area contributed by atoms with Crippen LogP contribution in [0.4, 0.5) is 48.3 Å².